The SMILES string of the molecule is Cc1cc(CN2CCC(c3nnc4n3CCNC4)CC2)ccc1F.Cl. The number of likely N-dealkylation sites (tertiary alicyclic amines) is 1. The van der Waals surface area contributed by atoms with E-state index in [9.17, 15) is 4.39 Å². The van der Waals surface area contributed by atoms with Gasteiger partial charge in [-0.05, 0) is 50.0 Å². The Morgan fingerprint density at radius 2 is 2.00 bits per heavy atom. The number of aryl methyl sites for hydroxylation is 1. The molecule has 136 valence electrons. The summed E-state index contributed by atoms with van der Waals surface area (Å²) >= 11 is 0. The number of benzene rings is 1. The van der Waals surface area contributed by atoms with E-state index in [-0.39, 0.29) is 18.2 Å². The summed E-state index contributed by atoms with van der Waals surface area (Å²) in [6.45, 7) is 7.65. The molecule has 1 saturated heterocycles. The molecule has 0 bridgehead atoms. The lowest BCUT2D eigenvalue weighted by atomic mass is 9.95. The highest BCUT2D eigenvalue weighted by molar-refractivity contribution is 5.85. The first-order chi connectivity index (χ1) is 11.7. The summed E-state index contributed by atoms with van der Waals surface area (Å²) in [6, 6.07) is 5.44. The van der Waals surface area contributed by atoms with Crippen molar-refractivity contribution >= 4 is 12.4 Å². The molecule has 7 heteroatoms. The van der Waals surface area contributed by atoms with Crippen molar-refractivity contribution in [1.82, 2.24) is 25.0 Å². The maximum atomic E-state index is 13.4. The number of halogens is 2. The van der Waals surface area contributed by atoms with Gasteiger partial charge < -0.3 is 9.88 Å². The molecule has 1 aromatic heterocycles. The second-order valence-corrected chi connectivity index (χ2v) is 6.94. The van der Waals surface area contributed by atoms with Crippen LogP contribution < -0.4 is 5.32 Å². The van der Waals surface area contributed by atoms with Gasteiger partial charge in [0.05, 0.1) is 6.54 Å². The van der Waals surface area contributed by atoms with Crippen molar-refractivity contribution in [3.8, 4) is 0 Å². The largest absolute Gasteiger partial charge is 0.312 e. The summed E-state index contributed by atoms with van der Waals surface area (Å²) in [6.07, 6.45) is 2.23. The molecular weight excluding hydrogens is 341 g/mol. The van der Waals surface area contributed by atoms with E-state index in [1.54, 1.807) is 6.07 Å². The van der Waals surface area contributed by atoms with Crippen LogP contribution in [0.25, 0.3) is 0 Å². The molecule has 1 N–H and O–H groups in total. The first-order valence-corrected chi connectivity index (χ1v) is 8.81. The fourth-order valence-corrected chi connectivity index (χ4v) is 3.83. The average molecular weight is 366 g/mol. The van der Waals surface area contributed by atoms with Crippen molar-refractivity contribution in [2.45, 2.75) is 45.3 Å². The molecule has 2 aromatic rings. The van der Waals surface area contributed by atoms with Gasteiger partial charge in [-0.25, -0.2) is 4.39 Å². The average Bonchev–Trinajstić information content (AvgIpc) is 3.03. The molecule has 0 spiro atoms. The Morgan fingerprint density at radius 3 is 2.76 bits per heavy atom. The van der Waals surface area contributed by atoms with Gasteiger partial charge in [-0.15, -0.1) is 22.6 Å². The Kier molecular flexibility index (Phi) is 5.71. The molecule has 1 fully saturated rings. The molecule has 0 aliphatic carbocycles. The van der Waals surface area contributed by atoms with Gasteiger partial charge >= 0.3 is 0 Å². The highest BCUT2D eigenvalue weighted by Crippen LogP contribution is 2.28. The third-order valence-electron chi connectivity index (χ3n) is 5.23. The monoisotopic (exact) mass is 365 g/mol. The zero-order chi connectivity index (χ0) is 16.5. The Morgan fingerprint density at radius 1 is 1.20 bits per heavy atom. The number of hydrogen-bond donors (Lipinski definition) is 1. The van der Waals surface area contributed by atoms with E-state index in [1.807, 2.05) is 19.1 Å². The van der Waals surface area contributed by atoms with Crippen molar-refractivity contribution in [1.29, 1.82) is 0 Å². The predicted octanol–water partition coefficient (Wildman–Crippen LogP) is 2.63. The summed E-state index contributed by atoms with van der Waals surface area (Å²) in [5, 5.41) is 12.1. The molecular formula is C18H25ClFN5. The minimum Gasteiger partial charge on any atom is -0.312 e. The fraction of sp³-hybridized carbons (Fsp3) is 0.556. The Bertz CT molecular complexity index is 724. The number of piperidine rings is 1. The van der Waals surface area contributed by atoms with E-state index in [4.69, 9.17) is 0 Å². The predicted molar refractivity (Wildman–Crippen MR) is 97.4 cm³/mol. The Balaban J connectivity index is 0.00000182. The van der Waals surface area contributed by atoms with Gasteiger partial charge in [0.1, 0.15) is 17.5 Å². The number of nitrogens with one attached hydrogen (secondary N) is 1. The molecule has 2 aliphatic rings. The van der Waals surface area contributed by atoms with Gasteiger partial charge in [-0.1, -0.05) is 12.1 Å². The summed E-state index contributed by atoms with van der Waals surface area (Å²) in [4.78, 5) is 2.46. The van der Waals surface area contributed by atoms with Crippen LogP contribution in [0.4, 0.5) is 4.39 Å². The molecule has 5 nitrogen and oxygen atoms in total. The molecule has 0 amide bonds. The molecule has 25 heavy (non-hydrogen) atoms. The van der Waals surface area contributed by atoms with Crippen molar-refractivity contribution in [2.75, 3.05) is 19.6 Å². The van der Waals surface area contributed by atoms with E-state index in [2.05, 4.69) is 25.0 Å². The normalized spacial score (nSPS) is 18.6. The molecule has 0 atom stereocenters. The van der Waals surface area contributed by atoms with E-state index in [1.165, 1.54) is 11.4 Å². The second-order valence-electron chi connectivity index (χ2n) is 6.94. The van der Waals surface area contributed by atoms with Crippen LogP contribution in [-0.2, 0) is 19.6 Å². The van der Waals surface area contributed by atoms with E-state index < -0.39 is 0 Å². The van der Waals surface area contributed by atoms with Crippen LogP contribution in [0.3, 0.4) is 0 Å². The lowest BCUT2D eigenvalue weighted by Gasteiger charge is -2.32. The summed E-state index contributed by atoms with van der Waals surface area (Å²) < 4.78 is 15.7. The van der Waals surface area contributed by atoms with Crippen LogP contribution in [0.5, 0.6) is 0 Å². The molecule has 0 unspecified atom stereocenters. The minimum absolute atomic E-state index is 0. The summed E-state index contributed by atoms with van der Waals surface area (Å²) in [7, 11) is 0. The Labute approximate surface area is 154 Å². The standard InChI is InChI=1S/C18H24FN5.ClH/c1-13-10-14(2-3-16(13)19)12-23-7-4-15(5-8-23)18-22-21-17-11-20-6-9-24(17)18;/h2-3,10,15,20H,4-9,11-12H2,1H3;1H. The third kappa shape index (κ3) is 3.86. The topological polar surface area (TPSA) is 46.0 Å². The lowest BCUT2D eigenvalue weighted by Crippen LogP contribution is -2.34. The van der Waals surface area contributed by atoms with Gasteiger partial charge in [0.2, 0.25) is 0 Å². The summed E-state index contributed by atoms with van der Waals surface area (Å²) in [5.74, 6) is 2.63. The highest BCUT2D eigenvalue weighted by atomic mass is 35.5. The fourth-order valence-electron chi connectivity index (χ4n) is 3.83. The quantitative estimate of drug-likeness (QED) is 0.908. The highest BCUT2D eigenvalue weighted by Gasteiger charge is 2.26. The van der Waals surface area contributed by atoms with Gasteiger partial charge in [0.15, 0.2) is 0 Å². The number of rotatable bonds is 3. The first kappa shape index (κ1) is 18.3. The van der Waals surface area contributed by atoms with Gasteiger partial charge in [-0.3, -0.25) is 4.90 Å². The third-order valence-corrected chi connectivity index (χ3v) is 5.23. The maximum Gasteiger partial charge on any atom is 0.147 e. The zero-order valence-electron chi connectivity index (χ0n) is 14.5. The molecule has 4 rings (SSSR count). The van der Waals surface area contributed by atoms with Crippen LogP contribution in [0.1, 0.15) is 41.5 Å². The molecule has 2 aliphatic heterocycles. The van der Waals surface area contributed by atoms with Crippen molar-refractivity contribution in [2.24, 2.45) is 0 Å². The van der Waals surface area contributed by atoms with E-state index in [0.717, 1.165) is 63.5 Å². The smallest absolute Gasteiger partial charge is 0.147 e. The van der Waals surface area contributed by atoms with E-state index >= 15 is 0 Å². The van der Waals surface area contributed by atoms with Crippen molar-refractivity contribution in [3.05, 3.63) is 46.8 Å². The van der Waals surface area contributed by atoms with Gasteiger partial charge in [0.25, 0.3) is 0 Å². The van der Waals surface area contributed by atoms with Gasteiger partial charge in [-0.2, -0.15) is 0 Å². The van der Waals surface area contributed by atoms with Crippen LogP contribution in [0.2, 0.25) is 0 Å². The van der Waals surface area contributed by atoms with Crippen molar-refractivity contribution < 1.29 is 4.39 Å². The molecule has 0 saturated carbocycles. The number of aromatic nitrogens is 3. The second kappa shape index (κ2) is 7.81. The van der Waals surface area contributed by atoms with Crippen LogP contribution in [-0.4, -0.2) is 39.3 Å². The molecule has 0 radical (unpaired) electrons. The van der Waals surface area contributed by atoms with Crippen LogP contribution in [0, 0.1) is 12.7 Å². The number of nitrogens with zero attached hydrogens (tertiary/aromatic N) is 4. The maximum absolute atomic E-state index is 13.4. The summed E-state index contributed by atoms with van der Waals surface area (Å²) in [5.41, 5.74) is 1.92. The molecule has 1 aromatic carbocycles. The van der Waals surface area contributed by atoms with E-state index in [0.29, 0.717) is 5.92 Å². The first-order valence-electron chi connectivity index (χ1n) is 8.81. The molecule has 3 heterocycles. The van der Waals surface area contributed by atoms with Gasteiger partial charge in [0, 0.05) is 25.6 Å². The number of hydrogen-bond acceptors (Lipinski definition) is 4. The minimum atomic E-state index is -0.122. The number of fused-ring (bicyclic) bond motifs is 1. The van der Waals surface area contributed by atoms with Crippen molar-refractivity contribution in [3.63, 3.8) is 0 Å². The van der Waals surface area contributed by atoms with Crippen LogP contribution >= 0.6 is 12.4 Å². The zero-order valence-corrected chi connectivity index (χ0v) is 15.4. The van der Waals surface area contributed by atoms with Crippen LogP contribution in [0.15, 0.2) is 18.2 Å². The Hall–Kier alpha value is -1.50. The lowest BCUT2D eigenvalue weighted by molar-refractivity contribution is 0.199.